The Kier molecular flexibility index (Phi) is 35.7. The van der Waals surface area contributed by atoms with Gasteiger partial charge in [-0.05, 0) is 44.9 Å². The van der Waals surface area contributed by atoms with Crippen LogP contribution in [0.4, 0.5) is 0 Å². The molecule has 11 heteroatoms. The van der Waals surface area contributed by atoms with Crippen LogP contribution in [0.5, 0.6) is 0 Å². The Morgan fingerprint density at radius 1 is 0.588 bits per heavy atom. The van der Waals surface area contributed by atoms with Crippen molar-refractivity contribution in [2.45, 2.75) is 193 Å². The number of unbranched alkanes of at least 4 members (excludes halogenated alkanes) is 20. The molecule has 0 aromatic rings. The normalized spacial score (nSPS) is 14.2. The molecule has 300 valence electrons. The van der Waals surface area contributed by atoms with Crippen molar-refractivity contribution in [2.24, 2.45) is 0 Å². The molecule has 0 heterocycles. The first-order valence-corrected chi connectivity index (χ1v) is 21.8. The molecule has 0 bridgehead atoms. The fourth-order valence-corrected chi connectivity index (χ4v) is 6.22. The summed E-state index contributed by atoms with van der Waals surface area (Å²) >= 11 is 0. The summed E-state index contributed by atoms with van der Waals surface area (Å²) in [5.41, 5.74) is 0. The lowest BCUT2D eigenvalue weighted by Crippen LogP contribution is -2.29. The van der Waals surface area contributed by atoms with E-state index in [1.807, 2.05) is 0 Å². The molecule has 0 aromatic carbocycles. The first-order chi connectivity index (χ1) is 24.7. The van der Waals surface area contributed by atoms with E-state index in [1.54, 1.807) is 0 Å². The summed E-state index contributed by atoms with van der Waals surface area (Å²) in [6, 6.07) is 0. The van der Waals surface area contributed by atoms with Crippen LogP contribution in [0.15, 0.2) is 24.3 Å². The van der Waals surface area contributed by atoms with E-state index in [4.69, 9.17) is 19.1 Å². The average molecular weight is 747 g/mol. The van der Waals surface area contributed by atoms with E-state index in [9.17, 15) is 24.2 Å². The van der Waals surface area contributed by atoms with Crippen molar-refractivity contribution in [1.82, 2.24) is 0 Å². The van der Waals surface area contributed by atoms with Crippen molar-refractivity contribution in [1.29, 1.82) is 0 Å². The van der Waals surface area contributed by atoms with Gasteiger partial charge in [0.05, 0.1) is 19.8 Å². The first-order valence-electron chi connectivity index (χ1n) is 20.3. The van der Waals surface area contributed by atoms with Crippen LogP contribution in [-0.4, -0.2) is 65.7 Å². The average Bonchev–Trinajstić information content (AvgIpc) is 3.12. The van der Waals surface area contributed by atoms with Gasteiger partial charge in [-0.1, -0.05) is 147 Å². The van der Waals surface area contributed by atoms with Crippen LogP contribution in [0.1, 0.15) is 181 Å². The molecule has 0 spiro atoms. The third-order valence-electron chi connectivity index (χ3n) is 8.61. The minimum Gasteiger partial charge on any atom is -0.462 e. The maximum atomic E-state index is 12.5. The fourth-order valence-electron chi connectivity index (χ4n) is 5.43. The molecule has 51 heavy (non-hydrogen) atoms. The van der Waals surface area contributed by atoms with Crippen LogP contribution in [0.2, 0.25) is 0 Å². The molecular weight excluding hydrogens is 671 g/mol. The summed E-state index contributed by atoms with van der Waals surface area (Å²) in [6.07, 6.45) is 34.4. The minimum atomic E-state index is -4.61. The second kappa shape index (κ2) is 36.8. The zero-order valence-electron chi connectivity index (χ0n) is 32.3. The summed E-state index contributed by atoms with van der Waals surface area (Å²) in [5, 5.41) is 18.3. The molecule has 0 radical (unpaired) electrons. The standard InChI is InChI=1S/C40H75O10P/c1-3-5-7-9-11-13-14-15-16-17-18-19-20-21-22-24-25-27-29-31-39(43)47-35-38(36-49-51(45,46)48-34-37(42)33-41)50-40(44)32-30-28-26-23-12-10-8-6-4-2/h11,13,15-16,37-38,41-42H,3-10,12,14,17-36H2,1-2H3,(H,45,46)/b13-11+,16-15+/t37-,38+/m1/s1. The Morgan fingerprint density at radius 3 is 1.55 bits per heavy atom. The zero-order chi connectivity index (χ0) is 37.7. The van der Waals surface area contributed by atoms with E-state index in [0.29, 0.717) is 12.8 Å². The number of hydrogen-bond donors (Lipinski definition) is 3. The molecule has 10 nitrogen and oxygen atoms in total. The highest BCUT2D eigenvalue weighted by Crippen LogP contribution is 2.43. The Hall–Kier alpha value is -1.55. The number of aliphatic hydroxyl groups is 2. The van der Waals surface area contributed by atoms with E-state index >= 15 is 0 Å². The van der Waals surface area contributed by atoms with Gasteiger partial charge in [0.2, 0.25) is 0 Å². The maximum absolute atomic E-state index is 12.5. The highest BCUT2D eigenvalue weighted by Gasteiger charge is 2.27. The predicted molar refractivity (Wildman–Crippen MR) is 205 cm³/mol. The quantitative estimate of drug-likeness (QED) is 0.0241. The van der Waals surface area contributed by atoms with Crippen molar-refractivity contribution in [3.8, 4) is 0 Å². The van der Waals surface area contributed by atoms with Crippen LogP contribution >= 0.6 is 7.82 Å². The first kappa shape index (κ1) is 49.5. The van der Waals surface area contributed by atoms with Crippen molar-refractivity contribution < 1.29 is 47.8 Å². The summed E-state index contributed by atoms with van der Waals surface area (Å²) in [5.74, 6) is -0.929. The van der Waals surface area contributed by atoms with Gasteiger partial charge in [-0.2, -0.15) is 0 Å². The van der Waals surface area contributed by atoms with Gasteiger partial charge in [0.15, 0.2) is 6.10 Å². The van der Waals surface area contributed by atoms with E-state index in [-0.39, 0.29) is 19.4 Å². The van der Waals surface area contributed by atoms with E-state index in [2.05, 4.69) is 42.7 Å². The summed E-state index contributed by atoms with van der Waals surface area (Å²) < 4.78 is 32.6. The fraction of sp³-hybridized carbons (Fsp3) is 0.850. The number of ether oxygens (including phenoxy) is 2. The molecule has 0 saturated carbocycles. The second-order valence-electron chi connectivity index (χ2n) is 13.7. The van der Waals surface area contributed by atoms with Gasteiger partial charge in [-0.15, -0.1) is 0 Å². The molecule has 0 aliphatic carbocycles. The smallest absolute Gasteiger partial charge is 0.462 e. The SMILES string of the molecule is CCCCC/C=C/C/C=C/CCCCCCCCCCCC(=O)OC[C@@H](COP(=O)(O)OC[C@H](O)CO)OC(=O)CCCCCCCCCCC. The number of rotatable bonds is 38. The number of allylic oxidation sites excluding steroid dienone is 4. The topological polar surface area (TPSA) is 149 Å². The number of aliphatic hydroxyl groups excluding tert-OH is 2. The number of carbonyl (C=O) groups is 2. The van der Waals surface area contributed by atoms with E-state index < -0.39 is 51.8 Å². The van der Waals surface area contributed by atoms with Crippen molar-refractivity contribution in [3.63, 3.8) is 0 Å². The second-order valence-corrected chi connectivity index (χ2v) is 15.1. The molecule has 3 N–H and O–H groups in total. The monoisotopic (exact) mass is 747 g/mol. The number of esters is 2. The Bertz CT molecular complexity index is 910. The molecule has 0 amide bonds. The maximum Gasteiger partial charge on any atom is 0.472 e. The molecule has 0 aliphatic rings. The Balaban J connectivity index is 4.22. The van der Waals surface area contributed by atoms with Gasteiger partial charge < -0.3 is 24.6 Å². The third-order valence-corrected chi connectivity index (χ3v) is 9.56. The Morgan fingerprint density at radius 2 is 1.02 bits per heavy atom. The van der Waals surface area contributed by atoms with Crippen LogP contribution in [-0.2, 0) is 32.7 Å². The molecule has 3 atom stereocenters. The van der Waals surface area contributed by atoms with Crippen LogP contribution in [0.3, 0.4) is 0 Å². The lowest BCUT2D eigenvalue weighted by atomic mass is 10.1. The highest BCUT2D eigenvalue weighted by atomic mass is 31.2. The third kappa shape index (κ3) is 36.6. The van der Waals surface area contributed by atoms with E-state index in [0.717, 1.165) is 51.4 Å². The highest BCUT2D eigenvalue weighted by molar-refractivity contribution is 7.47. The summed E-state index contributed by atoms with van der Waals surface area (Å²) in [4.78, 5) is 34.8. The number of phosphoric acid groups is 1. The predicted octanol–water partition coefficient (Wildman–Crippen LogP) is 10.2. The van der Waals surface area contributed by atoms with Gasteiger partial charge in [0, 0.05) is 12.8 Å². The number of phosphoric ester groups is 1. The minimum absolute atomic E-state index is 0.185. The lowest BCUT2D eigenvalue weighted by Gasteiger charge is -2.20. The van der Waals surface area contributed by atoms with Gasteiger partial charge in [-0.25, -0.2) is 4.57 Å². The number of carbonyl (C=O) groups excluding carboxylic acids is 2. The van der Waals surface area contributed by atoms with Crippen molar-refractivity contribution in [3.05, 3.63) is 24.3 Å². The van der Waals surface area contributed by atoms with E-state index in [1.165, 1.54) is 89.9 Å². The zero-order valence-corrected chi connectivity index (χ0v) is 33.2. The molecule has 0 aromatic heterocycles. The van der Waals surface area contributed by atoms with Gasteiger partial charge >= 0.3 is 19.8 Å². The van der Waals surface area contributed by atoms with Gasteiger partial charge in [0.25, 0.3) is 0 Å². The Labute approximate surface area is 310 Å². The number of hydrogen-bond acceptors (Lipinski definition) is 9. The van der Waals surface area contributed by atoms with Gasteiger partial charge in [0.1, 0.15) is 12.7 Å². The summed E-state index contributed by atoms with van der Waals surface area (Å²) in [7, 11) is -4.61. The van der Waals surface area contributed by atoms with Crippen molar-refractivity contribution in [2.75, 3.05) is 26.4 Å². The van der Waals surface area contributed by atoms with Crippen LogP contribution in [0.25, 0.3) is 0 Å². The summed E-state index contributed by atoms with van der Waals surface area (Å²) in [6.45, 7) is 2.32. The molecule has 0 saturated heterocycles. The van der Waals surface area contributed by atoms with Crippen LogP contribution < -0.4 is 0 Å². The van der Waals surface area contributed by atoms with Crippen LogP contribution in [0, 0.1) is 0 Å². The molecule has 0 rings (SSSR count). The molecule has 0 fully saturated rings. The molecular formula is C40H75O10P. The lowest BCUT2D eigenvalue weighted by molar-refractivity contribution is -0.161. The largest absolute Gasteiger partial charge is 0.472 e. The van der Waals surface area contributed by atoms with Gasteiger partial charge in [-0.3, -0.25) is 18.6 Å². The van der Waals surface area contributed by atoms with Crippen molar-refractivity contribution >= 4 is 19.8 Å². The molecule has 0 aliphatic heterocycles. The molecule has 1 unspecified atom stereocenters.